The minimum atomic E-state index is -0.189. The first-order chi connectivity index (χ1) is 14.7. The lowest BCUT2D eigenvalue weighted by Crippen LogP contribution is -2.34. The number of piperidine rings is 1. The van der Waals surface area contributed by atoms with Crippen LogP contribution in [-0.4, -0.2) is 42.8 Å². The van der Waals surface area contributed by atoms with Crippen LogP contribution in [-0.2, 0) is 6.42 Å². The average molecular weight is 405 g/mol. The fourth-order valence-corrected chi connectivity index (χ4v) is 3.91. The van der Waals surface area contributed by atoms with Gasteiger partial charge in [0.25, 0.3) is 5.91 Å². The standard InChI is InChI=1S/C24H28N4O2/c1-17-12-15-28(16-13-17)23-21-6-4-3-5-20(21)22(26-27-23)24(29)25-14-11-18-7-9-19(30-2)10-8-18/h3-10,17H,11-16H2,1-2H3,(H,25,29). The van der Waals surface area contributed by atoms with E-state index in [0.29, 0.717) is 12.2 Å². The third-order valence-corrected chi connectivity index (χ3v) is 5.82. The molecule has 0 radical (unpaired) electrons. The van der Waals surface area contributed by atoms with Crippen LogP contribution < -0.4 is 15.0 Å². The Kier molecular flexibility index (Phi) is 6.12. The Morgan fingerprint density at radius 3 is 2.47 bits per heavy atom. The first kappa shape index (κ1) is 20.1. The van der Waals surface area contributed by atoms with Crippen molar-refractivity contribution in [3.05, 3.63) is 59.8 Å². The summed E-state index contributed by atoms with van der Waals surface area (Å²) in [6, 6.07) is 15.8. The van der Waals surface area contributed by atoms with E-state index in [1.165, 1.54) is 0 Å². The second-order valence-electron chi connectivity index (χ2n) is 7.94. The Morgan fingerprint density at radius 1 is 1.07 bits per heavy atom. The van der Waals surface area contributed by atoms with Crippen molar-refractivity contribution >= 4 is 22.5 Å². The van der Waals surface area contributed by atoms with Crippen LogP contribution in [0, 0.1) is 5.92 Å². The van der Waals surface area contributed by atoms with Gasteiger partial charge >= 0.3 is 0 Å². The van der Waals surface area contributed by atoms with E-state index in [0.717, 1.165) is 66.2 Å². The van der Waals surface area contributed by atoms with E-state index >= 15 is 0 Å². The molecule has 1 amide bonds. The lowest BCUT2D eigenvalue weighted by atomic mass is 9.99. The number of nitrogens with one attached hydrogen (secondary N) is 1. The molecule has 0 saturated carbocycles. The van der Waals surface area contributed by atoms with Gasteiger partial charge in [0.05, 0.1) is 7.11 Å². The van der Waals surface area contributed by atoms with Gasteiger partial charge in [-0.05, 0) is 42.9 Å². The second kappa shape index (κ2) is 9.11. The van der Waals surface area contributed by atoms with Crippen LogP contribution in [0.2, 0.25) is 0 Å². The van der Waals surface area contributed by atoms with Gasteiger partial charge in [-0.3, -0.25) is 4.79 Å². The summed E-state index contributed by atoms with van der Waals surface area (Å²) >= 11 is 0. The van der Waals surface area contributed by atoms with E-state index in [-0.39, 0.29) is 5.91 Å². The summed E-state index contributed by atoms with van der Waals surface area (Å²) in [5, 5.41) is 13.6. The van der Waals surface area contributed by atoms with Crippen LogP contribution in [0.5, 0.6) is 5.75 Å². The van der Waals surface area contributed by atoms with E-state index in [4.69, 9.17) is 4.74 Å². The maximum atomic E-state index is 12.8. The molecule has 6 heteroatoms. The van der Waals surface area contributed by atoms with Gasteiger partial charge in [-0.25, -0.2) is 0 Å². The molecular weight excluding hydrogens is 376 g/mol. The summed E-state index contributed by atoms with van der Waals surface area (Å²) in [7, 11) is 1.65. The fraction of sp³-hybridized carbons (Fsp3) is 0.375. The summed E-state index contributed by atoms with van der Waals surface area (Å²) in [6.07, 6.45) is 3.05. The third kappa shape index (κ3) is 4.37. The molecule has 2 aromatic carbocycles. The highest BCUT2D eigenvalue weighted by molar-refractivity contribution is 6.07. The number of anilines is 1. The van der Waals surface area contributed by atoms with Crippen LogP contribution in [0.25, 0.3) is 10.8 Å². The molecule has 0 aliphatic carbocycles. The molecule has 0 atom stereocenters. The molecule has 30 heavy (non-hydrogen) atoms. The minimum absolute atomic E-state index is 0.189. The van der Waals surface area contributed by atoms with Crippen molar-refractivity contribution in [1.29, 1.82) is 0 Å². The van der Waals surface area contributed by atoms with Gasteiger partial charge in [-0.2, -0.15) is 0 Å². The molecule has 1 aromatic heterocycles. The lowest BCUT2D eigenvalue weighted by molar-refractivity contribution is 0.0950. The molecule has 1 aliphatic heterocycles. The van der Waals surface area contributed by atoms with Crippen LogP contribution in [0.3, 0.4) is 0 Å². The van der Waals surface area contributed by atoms with Gasteiger partial charge in [-0.1, -0.05) is 43.3 Å². The van der Waals surface area contributed by atoms with Gasteiger partial charge in [-0.15, -0.1) is 10.2 Å². The first-order valence-corrected chi connectivity index (χ1v) is 10.6. The van der Waals surface area contributed by atoms with Crippen molar-refractivity contribution < 1.29 is 9.53 Å². The topological polar surface area (TPSA) is 67.3 Å². The molecule has 1 N–H and O–H groups in total. The van der Waals surface area contributed by atoms with Crippen LogP contribution >= 0.6 is 0 Å². The Bertz CT molecular complexity index is 1010. The second-order valence-corrected chi connectivity index (χ2v) is 7.94. The summed E-state index contributed by atoms with van der Waals surface area (Å²) in [5.74, 6) is 2.27. The number of carbonyl (C=O) groups is 1. The van der Waals surface area contributed by atoms with Crippen LogP contribution in [0.1, 0.15) is 35.8 Å². The van der Waals surface area contributed by atoms with E-state index in [2.05, 4.69) is 27.3 Å². The third-order valence-electron chi connectivity index (χ3n) is 5.82. The van der Waals surface area contributed by atoms with Gasteiger partial charge < -0.3 is 15.0 Å². The van der Waals surface area contributed by atoms with Crippen LogP contribution in [0.4, 0.5) is 5.82 Å². The first-order valence-electron chi connectivity index (χ1n) is 10.6. The quantitative estimate of drug-likeness (QED) is 0.676. The summed E-state index contributed by atoms with van der Waals surface area (Å²) in [6.45, 7) is 4.79. The molecule has 0 spiro atoms. The van der Waals surface area contributed by atoms with Crippen LogP contribution in [0.15, 0.2) is 48.5 Å². The van der Waals surface area contributed by atoms with Crippen molar-refractivity contribution in [2.45, 2.75) is 26.2 Å². The Balaban J connectivity index is 1.48. The molecule has 1 fully saturated rings. The Hall–Kier alpha value is -3.15. The molecule has 0 bridgehead atoms. The van der Waals surface area contributed by atoms with Crippen molar-refractivity contribution in [3.8, 4) is 5.75 Å². The van der Waals surface area contributed by atoms with Gasteiger partial charge in [0.2, 0.25) is 0 Å². The maximum Gasteiger partial charge on any atom is 0.272 e. The maximum absolute atomic E-state index is 12.8. The molecule has 1 aliphatic rings. The minimum Gasteiger partial charge on any atom is -0.497 e. The predicted octanol–water partition coefficient (Wildman–Crippen LogP) is 3.85. The highest BCUT2D eigenvalue weighted by Gasteiger charge is 2.22. The number of carbonyl (C=O) groups excluding carboxylic acids is 1. The zero-order valence-corrected chi connectivity index (χ0v) is 17.6. The largest absolute Gasteiger partial charge is 0.497 e. The number of benzene rings is 2. The fourth-order valence-electron chi connectivity index (χ4n) is 3.91. The Labute approximate surface area is 177 Å². The van der Waals surface area contributed by atoms with Gasteiger partial charge in [0.1, 0.15) is 5.75 Å². The zero-order valence-electron chi connectivity index (χ0n) is 17.6. The van der Waals surface area contributed by atoms with Crippen molar-refractivity contribution in [1.82, 2.24) is 15.5 Å². The average Bonchev–Trinajstić information content (AvgIpc) is 2.79. The Morgan fingerprint density at radius 2 is 1.77 bits per heavy atom. The number of hydrogen-bond acceptors (Lipinski definition) is 5. The van der Waals surface area contributed by atoms with Crippen molar-refractivity contribution in [3.63, 3.8) is 0 Å². The smallest absolute Gasteiger partial charge is 0.272 e. The zero-order chi connectivity index (χ0) is 20.9. The molecule has 0 unspecified atom stereocenters. The lowest BCUT2D eigenvalue weighted by Gasteiger charge is -2.31. The molecule has 6 nitrogen and oxygen atoms in total. The van der Waals surface area contributed by atoms with Gasteiger partial charge in [0.15, 0.2) is 11.5 Å². The SMILES string of the molecule is COc1ccc(CCNC(=O)c2nnc(N3CCC(C)CC3)c3ccccc23)cc1. The monoisotopic (exact) mass is 404 g/mol. The van der Waals surface area contributed by atoms with E-state index in [9.17, 15) is 4.79 Å². The number of aromatic nitrogens is 2. The highest BCUT2D eigenvalue weighted by Crippen LogP contribution is 2.29. The molecule has 156 valence electrons. The number of nitrogens with zero attached hydrogens (tertiary/aromatic N) is 3. The number of rotatable bonds is 6. The molecular formula is C24H28N4O2. The number of ether oxygens (including phenoxy) is 1. The number of amides is 1. The van der Waals surface area contributed by atoms with E-state index < -0.39 is 0 Å². The summed E-state index contributed by atoms with van der Waals surface area (Å²) < 4.78 is 5.18. The van der Waals surface area contributed by atoms with Crippen molar-refractivity contribution in [2.24, 2.45) is 5.92 Å². The summed E-state index contributed by atoms with van der Waals surface area (Å²) in [4.78, 5) is 15.1. The number of methoxy groups -OCH3 is 1. The molecule has 3 aromatic rings. The van der Waals surface area contributed by atoms with Gasteiger partial charge in [0, 0.05) is 30.4 Å². The van der Waals surface area contributed by atoms with Crippen molar-refractivity contribution in [2.75, 3.05) is 31.6 Å². The summed E-state index contributed by atoms with van der Waals surface area (Å²) in [5.41, 5.74) is 1.52. The molecule has 1 saturated heterocycles. The highest BCUT2D eigenvalue weighted by atomic mass is 16.5. The normalized spacial score (nSPS) is 14.7. The molecule has 2 heterocycles. The molecule has 4 rings (SSSR count). The number of hydrogen-bond donors (Lipinski definition) is 1. The predicted molar refractivity (Wildman–Crippen MR) is 119 cm³/mol. The van der Waals surface area contributed by atoms with E-state index in [1.807, 2.05) is 48.5 Å². The van der Waals surface area contributed by atoms with E-state index in [1.54, 1.807) is 7.11 Å². The number of fused-ring (bicyclic) bond motifs is 1.